The van der Waals surface area contributed by atoms with E-state index < -0.39 is 11.6 Å². The van der Waals surface area contributed by atoms with Gasteiger partial charge in [0.2, 0.25) is 0 Å². The number of hydrogen-bond acceptors (Lipinski definition) is 8. The summed E-state index contributed by atoms with van der Waals surface area (Å²) in [7, 11) is 1.38. The van der Waals surface area contributed by atoms with Gasteiger partial charge in [-0.25, -0.2) is 28.5 Å². The molecule has 0 aromatic carbocycles. The monoisotopic (exact) mass is 406 g/mol. The largest absolute Gasteiger partial charge is 0.491 e. The number of methoxy groups -OCH3 is 1. The minimum absolute atomic E-state index is 0.0389. The first-order chi connectivity index (χ1) is 14.0. The standard InChI is InChI=1S/C18H20F2N6O3/c1-9-3-4-21-7-12(9)23-17-11(20)5-10(19)16(24-17)13-8-22-15-6-14(28-2)18(29-27)25-26(13)15/h5-6,8-9,12,21,27H,3-4,7H2,1-2H3,(H,23,24)/t9-,12-/m1/s1. The van der Waals surface area contributed by atoms with E-state index in [1.54, 1.807) is 0 Å². The fourth-order valence-electron chi connectivity index (χ4n) is 3.36. The number of halogens is 2. The number of fused-ring (bicyclic) bond motifs is 1. The maximum absolute atomic E-state index is 14.6. The average molecular weight is 406 g/mol. The molecule has 29 heavy (non-hydrogen) atoms. The van der Waals surface area contributed by atoms with Crippen molar-refractivity contribution in [2.75, 3.05) is 25.5 Å². The second kappa shape index (κ2) is 7.76. The Bertz CT molecular complexity index is 1040. The molecule has 0 spiro atoms. The lowest BCUT2D eigenvalue weighted by Crippen LogP contribution is -2.44. The second-order valence-corrected chi connectivity index (χ2v) is 6.89. The number of rotatable bonds is 5. The van der Waals surface area contributed by atoms with Crippen LogP contribution in [0.3, 0.4) is 0 Å². The van der Waals surface area contributed by atoms with Crippen molar-refractivity contribution < 1.29 is 23.7 Å². The topological polar surface area (TPSA) is 106 Å². The van der Waals surface area contributed by atoms with Gasteiger partial charge in [-0.05, 0) is 18.9 Å². The van der Waals surface area contributed by atoms with Crippen molar-refractivity contribution in [2.45, 2.75) is 19.4 Å². The third kappa shape index (κ3) is 3.54. The van der Waals surface area contributed by atoms with Crippen LogP contribution in [0.15, 0.2) is 18.3 Å². The van der Waals surface area contributed by atoms with Gasteiger partial charge in [-0.1, -0.05) is 6.92 Å². The first kappa shape index (κ1) is 19.3. The molecule has 9 nitrogen and oxygen atoms in total. The van der Waals surface area contributed by atoms with Crippen LogP contribution in [-0.2, 0) is 0 Å². The fraction of sp³-hybridized carbons (Fsp3) is 0.389. The SMILES string of the molecule is COc1cc2ncc(-c3nc(N[C@@H]4CNCC[C@H]4C)c(F)cc3F)n2nc1OO. The summed E-state index contributed by atoms with van der Waals surface area (Å²) in [5.41, 5.74) is 0.332. The molecular weight excluding hydrogens is 386 g/mol. The number of aromatic nitrogens is 4. The van der Waals surface area contributed by atoms with Gasteiger partial charge in [0.05, 0.1) is 13.3 Å². The molecule has 2 atom stereocenters. The van der Waals surface area contributed by atoms with E-state index in [2.05, 4.69) is 37.5 Å². The molecule has 0 amide bonds. The van der Waals surface area contributed by atoms with E-state index in [1.165, 1.54) is 23.9 Å². The van der Waals surface area contributed by atoms with Gasteiger partial charge < -0.3 is 20.3 Å². The minimum atomic E-state index is -0.867. The second-order valence-electron chi connectivity index (χ2n) is 6.89. The Morgan fingerprint density at radius 1 is 1.31 bits per heavy atom. The van der Waals surface area contributed by atoms with Gasteiger partial charge in [-0.3, -0.25) is 0 Å². The summed E-state index contributed by atoms with van der Waals surface area (Å²) in [6, 6.07) is 2.19. The van der Waals surface area contributed by atoms with Gasteiger partial charge in [0, 0.05) is 24.7 Å². The van der Waals surface area contributed by atoms with Gasteiger partial charge in [-0.15, -0.1) is 5.10 Å². The number of pyridine rings is 1. The highest BCUT2D eigenvalue weighted by Crippen LogP contribution is 2.30. The summed E-state index contributed by atoms with van der Waals surface area (Å²) in [4.78, 5) is 12.5. The Balaban J connectivity index is 1.77. The van der Waals surface area contributed by atoms with Crippen LogP contribution >= 0.6 is 0 Å². The lowest BCUT2D eigenvalue weighted by atomic mass is 9.95. The number of anilines is 1. The van der Waals surface area contributed by atoms with Crippen LogP contribution in [0.5, 0.6) is 11.6 Å². The molecule has 1 fully saturated rings. The van der Waals surface area contributed by atoms with Crippen LogP contribution in [-0.4, -0.2) is 51.1 Å². The summed E-state index contributed by atoms with van der Waals surface area (Å²) in [6.45, 7) is 3.62. The molecule has 1 aliphatic rings. The predicted octanol–water partition coefficient (Wildman–Crippen LogP) is 2.34. The molecule has 1 aliphatic heterocycles. The molecule has 4 rings (SSSR count). The third-order valence-corrected chi connectivity index (χ3v) is 5.05. The Kier molecular flexibility index (Phi) is 5.16. The average Bonchev–Trinajstić information content (AvgIpc) is 3.13. The zero-order valence-corrected chi connectivity index (χ0v) is 15.8. The molecule has 4 heterocycles. The Morgan fingerprint density at radius 3 is 2.86 bits per heavy atom. The number of piperidine rings is 1. The fourth-order valence-corrected chi connectivity index (χ4v) is 3.36. The first-order valence-corrected chi connectivity index (χ1v) is 9.09. The summed E-state index contributed by atoms with van der Waals surface area (Å²) in [5.74, 6) is -1.49. The Labute approximate surface area is 164 Å². The van der Waals surface area contributed by atoms with E-state index in [4.69, 9.17) is 9.99 Å². The normalized spacial score (nSPS) is 19.3. The molecule has 154 valence electrons. The van der Waals surface area contributed by atoms with Crippen molar-refractivity contribution in [3.63, 3.8) is 0 Å². The van der Waals surface area contributed by atoms with E-state index in [-0.39, 0.29) is 34.9 Å². The van der Waals surface area contributed by atoms with Gasteiger partial charge in [0.15, 0.2) is 28.8 Å². The van der Waals surface area contributed by atoms with Gasteiger partial charge in [-0.2, -0.15) is 0 Å². The molecule has 1 saturated heterocycles. The molecule has 3 aromatic rings. The van der Waals surface area contributed by atoms with Crippen LogP contribution in [0, 0.1) is 17.6 Å². The highest BCUT2D eigenvalue weighted by molar-refractivity contribution is 5.63. The highest BCUT2D eigenvalue weighted by Gasteiger charge is 2.24. The molecule has 0 saturated carbocycles. The summed E-state index contributed by atoms with van der Waals surface area (Å²) in [5, 5.41) is 19.4. The van der Waals surface area contributed by atoms with E-state index in [0.29, 0.717) is 18.1 Å². The van der Waals surface area contributed by atoms with E-state index >= 15 is 0 Å². The van der Waals surface area contributed by atoms with E-state index in [1.807, 2.05) is 0 Å². The molecule has 0 aliphatic carbocycles. The van der Waals surface area contributed by atoms with Gasteiger partial charge in [0.25, 0.3) is 0 Å². The minimum Gasteiger partial charge on any atom is -0.491 e. The number of hydrogen-bond donors (Lipinski definition) is 3. The molecule has 3 N–H and O–H groups in total. The molecule has 11 heteroatoms. The zero-order chi connectivity index (χ0) is 20.5. The molecule has 0 unspecified atom stereocenters. The molecule has 0 bridgehead atoms. The van der Waals surface area contributed by atoms with Crippen LogP contribution < -0.4 is 20.3 Å². The van der Waals surface area contributed by atoms with Crippen molar-refractivity contribution in [2.24, 2.45) is 5.92 Å². The van der Waals surface area contributed by atoms with E-state index in [0.717, 1.165) is 19.0 Å². The number of imidazole rings is 1. The first-order valence-electron chi connectivity index (χ1n) is 9.09. The maximum Gasteiger partial charge on any atom is 0.315 e. The molecule has 3 aromatic heterocycles. The number of nitrogens with zero attached hydrogens (tertiary/aromatic N) is 4. The van der Waals surface area contributed by atoms with Crippen molar-refractivity contribution in [3.8, 4) is 23.0 Å². The summed E-state index contributed by atoms with van der Waals surface area (Å²) < 4.78 is 35.3. The van der Waals surface area contributed by atoms with Gasteiger partial charge in [0.1, 0.15) is 11.4 Å². The highest BCUT2D eigenvalue weighted by atomic mass is 19.1. The van der Waals surface area contributed by atoms with Crippen LogP contribution in [0.4, 0.5) is 14.6 Å². The van der Waals surface area contributed by atoms with Crippen LogP contribution in [0.25, 0.3) is 17.0 Å². The quantitative estimate of drug-likeness (QED) is 0.438. The lowest BCUT2D eigenvalue weighted by Gasteiger charge is -2.30. The van der Waals surface area contributed by atoms with Crippen molar-refractivity contribution in [1.29, 1.82) is 0 Å². The maximum atomic E-state index is 14.6. The summed E-state index contributed by atoms with van der Waals surface area (Å²) in [6.07, 6.45) is 2.29. The number of ether oxygens (including phenoxy) is 1. The van der Waals surface area contributed by atoms with Gasteiger partial charge >= 0.3 is 5.88 Å². The van der Waals surface area contributed by atoms with E-state index in [9.17, 15) is 8.78 Å². The molecule has 0 radical (unpaired) electrons. The zero-order valence-electron chi connectivity index (χ0n) is 15.8. The number of nitrogens with one attached hydrogen (secondary N) is 2. The smallest absolute Gasteiger partial charge is 0.315 e. The molecular formula is C18H20F2N6O3. The van der Waals surface area contributed by atoms with Crippen molar-refractivity contribution in [3.05, 3.63) is 30.0 Å². The third-order valence-electron chi connectivity index (χ3n) is 5.05. The Hall–Kier alpha value is -3.05. The summed E-state index contributed by atoms with van der Waals surface area (Å²) >= 11 is 0. The van der Waals surface area contributed by atoms with Crippen LogP contribution in [0.1, 0.15) is 13.3 Å². The van der Waals surface area contributed by atoms with Crippen LogP contribution in [0.2, 0.25) is 0 Å². The Morgan fingerprint density at radius 2 is 2.14 bits per heavy atom. The van der Waals surface area contributed by atoms with Crippen molar-refractivity contribution in [1.82, 2.24) is 24.9 Å². The predicted molar refractivity (Wildman–Crippen MR) is 100 cm³/mol. The van der Waals surface area contributed by atoms with Crippen molar-refractivity contribution >= 4 is 11.5 Å². The lowest BCUT2D eigenvalue weighted by molar-refractivity contribution is -0.143.